The molecule has 0 bridgehead atoms. The molecule has 0 aromatic heterocycles. The summed E-state index contributed by atoms with van der Waals surface area (Å²) in [5.41, 5.74) is 2.72. The Labute approximate surface area is 103 Å². The van der Waals surface area contributed by atoms with Gasteiger partial charge in [0.2, 0.25) is 0 Å². The third-order valence-corrected chi connectivity index (χ3v) is 3.13. The second-order valence-electron chi connectivity index (χ2n) is 4.14. The van der Waals surface area contributed by atoms with E-state index in [1.165, 1.54) is 11.1 Å². The van der Waals surface area contributed by atoms with Crippen LogP contribution in [0.5, 0.6) is 5.75 Å². The van der Waals surface area contributed by atoms with Crippen molar-refractivity contribution in [2.24, 2.45) is 0 Å². The van der Waals surface area contributed by atoms with Crippen molar-refractivity contribution >= 4 is 0 Å². The van der Waals surface area contributed by atoms with E-state index in [1.54, 1.807) is 7.11 Å². The van der Waals surface area contributed by atoms with E-state index in [4.69, 9.17) is 4.74 Å². The molecule has 0 saturated carbocycles. The van der Waals surface area contributed by atoms with Gasteiger partial charge in [0.25, 0.3) is 0 Å². The molecule has 1 heteroatoms. The van der Waals surface area contributed by atoms with Gasteiger partial charge in [0.15, 0.2) is 0 Å². The molecule has 17 heavy (non-hydrogen) atoms. The van der Waals surface area contributed by atoms with E-state index in [0.717, 1.165) is 12.2 Å². The summed E-state index contributed by atoms with van der Waals surface area (Å²) in [5, 5.41) is 0. The Balaban J connectivity index is 2.29. The van der Waals surface area contributed by atoms with Gasteiger partial charge in [0.1, 0.15) is 5.75 Å². The number of benzene rings is 2. The van der Waals surface area contributed by atoms with Crippen LogP contribution in [0.2, 0.25) is 0 Å². The van der Waals surface area contributed by atoms with Gasteiger partial charge in [-0.2, -0.15) is 0 Å². The second-order valence-corrected chi connectivity index (χ2v) is 4.14. The number of rotatable bonds is 4. The predicted molar refractivity (Wildman–Crippen MR) is 71.6 cm³/mol. The van der Waals surface area contributed by atoms with Crippen molar-refractivity contribution in [3.05, 3.63) is 65.7 Å². The van der Waals surface area contributed by atoms with E-state index in [2.05, 4.69) is 49.4 Å². The zero-order chi connectivity index (χ0) is 12.1. The summed E-state index contributed by atoms with van der Waals surface area (Å²) in [7, 11) is 1.70. The van der Waals surface area contributed by atoms with Gasteiger partial charge in [-0.1, -0.05) is 49.4 Å². The molecular weight excluding hydrogens is 208 g/mol. The molecule has 1 atom stereocenters. The molecule has 0 spiro atoms. The summed E-state index contributed by atoms with van der Waals surface area (Å²) >= 11 is 0. The minimum atomic E-state index is 0.474. The Morgan fingerprint density at radius 3 is 2.00 bits per heavy atom. The topological polar surface area (TPSA) is 9.23 Å². The van der Waals surface area contributed by atoms with Crippen molar-refractivity contribution < 1.29 is 4.74 Å². The molecule has 0 unspecified atom stereocenters. The molecular formula is C16H18O. The summed E-state index contributed by atoms with van der Waals surface area (Å²) in [6.07, 6.45) is 1.11. The fourth-order valence-electron chi connectivity index (χ4n) is 2.19. The molecule has 0 aliphatic rings. The molecule has 88 valence electrons. The van der Waals surface area contributed by atoms with Crippen LogP contribution in [0.4, 0.5) is 0 Å². The minimum absolute atomic E-state index is 0.474. The van der Waals surface area contributed by atoms with E-state index < -0.39 is 0 Å². The molecule has 0 aliphatic carbocycles. The zero-order valence-corrected chi connectivity index (χ0v) is 10.4. The average Bonchev–Trinajstić information content (AvgIpc) is 2.42. The van der Waals surface area contributed by atoms with Crippen LogP contribution in [0.3, 0.4) is 0 Å². The maximum absolute atomic E-state index is 5.19. The third-order valence-electron chi connectivity index (χ3n) is 3.13. The molecule has 0 aliphatic heterocycles. The van der Waals surface area contributed by atoms with E-state index in [1.807, 2.05) is 12.1 Å². The van der Waals surface area contributed by atoms with E-state index >= 15 is 0 Å². The molecule has 0 amide bonds. The summed E-state index contributed by atoms with van der Waals surface area (Å²) in [6.45, 7) is 2.22. The normalized spacial score (nSPS) is 12.1. The van der Waals surface area contributed by atoms with Crippen LogP contribution >= 0.6 is 0 Å². The first-order valence-corrected chi connectivity index (χ1v) is 6.04. The van der Waals surface area contributed by atoms with Crippen LogP contribution in [0.15, 0.2) is 54.6 Å². The second kappa shape index (κ2) is 5.53. The zero-order valence-electron chi connectivity index (χ0n) is 10.4. The van der Waals surface area contributed by atoms with E-state index in [0.29, 0.717) is 5.92 Å². The highest BCUT2D eigenvalue weighted by molar-refractivity contribution is 5.35. The lowest BCUT2D eigenvalue weighted by atomic mass is 9.89. The van der Waals surface area contributed by atoms with Crippen molar-refractivity contribution in [2.45, 2.75) is 19.3 Å². The first-order valence-electron chi connectivity index (χ1n) is 6.04. The molecule has 0 heterocycles. The maximum Gasteiger partial charge on any atom is 0.118 e. The van der Waals surface area contributed by atoms with Gasteiger partial charge in [-0.15, -0.1) is 0 Å². The predicted octanol–water partition coefficient (Wildman–Crippen LogP) is 4.24. The molecule has 2 rings (SSSR count). The molecule has 0 fully saturated rings. The Morgan fingerprint density at radius 1 is 0.882 bits per heavy atom. The van der Waals surface area contributed by atoms with Gasteiger partial charge in [-0.25, -0.2) is 0 Å². The molecule has 2 aromatic rings. The van der Waals surface area contributed by atoms with Crippen LogP contribution in [0, 0.1) is 0 Å². The number of methoxy groups -OCH3 is 1. The fraction of sp³-hybridized carbons (Fsp3) is 0.250. The highest BCUT2D eigenvalue weighted by atomic mass is 16.5. The van der Waals surface area contributed by atoms with Crippen LogP contribution < -0.4 is 4.74 Å². The molecule has 0 saturated heterocycles. The summed E-state index contributed by atoms with van der Waals surface area (Å²) in [6, 6.07) is 19.0. The Morgan fingerprint density at radius 2 is 1.47 bits per heavy atom. The summed E-state index contributed by atoms with van der Waals surface area (Å²) < 4.78 is 5.19. The van der Waals surface area contributed by atoms with E-state index in [9.17, 15) is 0 Å². The van der Waals surface area contributed by atoms with Crippen LogP contribution in [-0.4, -0.2) is 7.11 Å². The SMILES string of the molecule is CC[C@H](c1ccccc1)c1ccc(OC)cc1. The van der Waals surface area contributed by atoms with Gasteiger partial charge >= 0.3 is 0 Å². The Bertz CT molecular complexity index is 445. The average molecular weight is 226 g/mol. The first kappa shape index (κ1) is 11.7. The van der Waals surface area contributed by atoms with Gasteiger partial charge in [0.05, 0.1) is 7.11 Å². The van der Waals surface area contributed by atoms with Gasteiger partial charge in [-0.3, -0.25) is 0 Å². The third kappa shape index (κ3) is 2.68. The Kier molecular flexibility index (Phi) is 3.81. The molecule has 0 N–H and O–H groups in total. The highest BCUT2D eigenvalue weighted by Gasteiger charge is 2.11. The fourth-order valence-corrected chi connectivity index (χ4v) is 2.19. The van der Waals surface area contributed by atoms with Gasteiger partial charge in [0, 0.05) is 5.92 Å². The minimum Gasteiger partial charge on any atom is -0.497 e. The highest BCUT2D eigenvalue weighted by Crippen LogP contribution is 2.28. The molecule has 1 nitrogen and oxygen atoms in total. The summed E-state index contributed by atoms with van der Waals surface area (Å²) in [5.74, 6) is 1.39. The van der Waals surface area contributed by atoms with E-state index in [-0.39, 0.29) is 0 Å². The van der Waals surface area contributed by atoms with Crippen molar-refractivity contribution in [1.82, 2.24) is 0 Å². The lowest BCUT2D eigenvalue weighted by Crippen LogP contribution is -1.99. The standard InChI is InChI=1S/C16H18O/c1-3-16(13-7-5-4-6-8-13)14-9-11-15(17-2)12-10-14/h4-12,16H,3H2,1-2H3/t16-/m1/s1. The number of hydrogen-bond donors (Lipinski definition) is 0. The van der Waals surface area contributed by atoms with Crippen molar-refractivity contribution in [3.63, 3.8) is 0 Å². The van der Waals surface area contributed by atoms with Crippen molar-refractivity contribution in [1.29, 1.82) is 0 Å². The maximum atomic E-state index is 5.19. The van der Waals surface area contributed by atoms with Crippen molar-refractivity contribution in [3.8, 4) is 5.75 Å². The van der Waals surface area contributed by atoms with Crippen molar-refractivity contribution in [2.75, 3.05) is 7.11 Å². The Hall–Kier alpha value is -1.76. The quantitative estimate of drug-likeness (QED) is 0.757. The van der Waals surface area contributed by atoms with Gasteiger partial charge in [-0.05, 0) is 29.7 Å². The molecule has 2 aromatic carbocycles. The van der Waals surface area contributed by atoms with Crippen LogP contribution in [0.25, 0.3) is 0 Å². The lowest BCUT2D eigenvalue weighted by Gasteiger charge is -2.16. The largest absolute Gasteiger partial charge is 0.497 e. The smallest absolute Gasteiger partial charge is 0.118 e. The monoisotopic (exact) mass is 226 g/mol. The number of hydrogen-bond acceptors (Lipinski definition) is 1. The lowest BCUT2D eigenvalue weighted by molar-refractivity contribution is 0.414. The first-order chi connectivity index (χ1) is 8.35. The summed E-state index contributed by atoms with van der Waals surface area (Å²) in [4.78, 5) is 0. The van der Waals surface area contributed by atoms with Crippen LogP contribution in [0.1, 0.15) is 30.4 Å². The number of ether oxygens (including phenoxy) is 1. The van der Waals surface area contributed by atoms with Crippen LogP contribution in [-0.2, 0) is 0 Å². The van der Waals surface area contributed by atoms with Gasteiger partial charge < -0.3 is 4.74 Å². The molecule has 0 radical (unpaired) electrons.